The van der Waals surface area contributed by atoms with Crippen LogP contribution in [0, 0.1) is 11.3 Å². The maximum atomic E-state index is 9.46. The van der Waals surface area contributed by atoms with Gasteiger partial charge in [0, 0.05) is 25.6 Å². The van der Waals surface area contributed by atoms with Crippen LogP contribution in [0.5, 0.6) is 0 Å². The molecule has 4 N–H and O–H groups in total. The Hall–Kier alpha value is -0.810. The first-order valence-corrected chi connectivity index (χ1v) is 6.00. The summed E-state index contributed by atoms with van der Waals surface area (Å²) in [5, 5.41) is 21.0. The standard InChI is InChI=1S/C11H21N3O2/c12-10(13-16)6-14-5-9(7-15)11(8-14)3-1-2-4-11/h9,15-16H,1-8H2,(H2,12,13). The number of nitrogens with two attached hydrogens (primary N) is 1. The van der Waals surface area contributed by atoms with Gasteiger partial charge in [-0.05, 0) is 18.3 Å². The molecule has 1 heterocycles. The van der Waals surface area contributed by atoms with Crippen molar-refractivity contribution in [3.8, 4) is 0 Å². The van der Waals surface area contributed by atoms with Crippen molar-refractivity contribution in [1.82, 2.24) is 4.90 Å². The summed E-state index contributed by atoms with van der Waals surface area (Å²) < 4.78 is 0. The van der Waals surface area contributed by atoms with Crippen LogP contribution in [0.3, 0.4) is 0 Å². The molecule has 1 saturated heterocycles. The van der Waals surface area contributed by atoms with Crippen LogP contribution < -0.4 is 5.73 Å². The van der Waals surface area contributed by atoms with E-state index >= 15 is 0 Å². The molecule has 0 aromatic rings. The number of likely N-dealkylation sites (tertiary alicyclic amines) is 1. The lowest BCUT2D eigenvalue weighted by atomic mass is 9.77. The van der Waals surface area contributed by atoms with Crippen molar-refractivity contribution in [1.29, 1.82) is 0 Å². The summed E-state index contributed by atoms with van der Waals surface area (Å²) in [5.41, 5.74) is 5.82. The Morgan fingerprint density at radius 2 is 2.12 bits per heavy atom. The molecule has 0 amide bonds. The zero-order valence-electron chi connectivity index (χ0n) is 9.60. The fourth-order valence-electron chi connectivity index (χ4n) is 3.42. The summed E-state index contributed by atoms with van der Waals surface area (Å²) in [6.07, 6.45) is 4.97. The summed E-state index contributed by atoms with van der Waals surface area (Å²) in [6, 6.07) is 0. The minimum absolute atomic E-state index is 0.256. The molecule has 1 spiro atoms. The summed E-state index contributed by atoms with van der Waals surface area (Å²) in [7, 11) is 0. The molecule has 2 aliphatic rings. The second-order valence-electron chi connectivity index (χ2n) is 5.21. The van der Waals surface area contributed by atoms with E-state index < -0.39 is 0 Å². The number of hydrogen-bond acceptors (Lipinski definition) is 4. The molecule has 16 heavy (non-hydrogen) atoms. The first kappa shape index (κ1) is 11.7. The zero-order valence-corrected chi connectivity index (χ0v) is 9.60. The molecule has 0 bridgehead atoms. The van der Waals surface area contributed by atoms with E-state index in [-0.39, 0.29) is 12.4 Å². The molecule has 5 nitrogen and oxygen atoms in total. The smallest absolute Gasteiger partial charge is 0.153 e. The number of oxime groups is 1. The lowest BCUT2D eigenvalue weighted by molar-refractivity contribution is 0.137. The Kier molecular flexibility index (Phi) is 3.35. The lowest BCUT2D eigenvalue weighted by Gasteiger charge is -2.28. The van der Waals surface area contributed by atoms with Crippen molar-refractivity contribution in [3.05, 3.63) is 0 Å². The fourth-order valence-corrected chi connectivity index (χ4v) is 3.42. The number of aliphatic hydroxyl groups excluding tert-OH is 1. The van der Waals surface area contributed by atoms with E-state index in [1.54, 1.807) is 0 Å². The number of nitrogens with zero attached hydrogens (tertiary/aromatic N) is 2. The Balaban J connectivity index is 2.01. The summed E-state index contributed by atoms with van der Waals surface area (Å²) >= 11 is 0. The highest BCUT2D eigenvalue weighted by Crippen LogP contribution is 2.48. The van der Waals surface area contributed by atoms with Crippen LogP contribution in [0.15, 0.2) is 5.16 Å². The van der Waals surface area contributed by atoms with E-state index in [0.717, 1.165) is 13.1 Å². The van der Waals surface area contributed by atoms with Crippen LogP contribution in [0.25, 0.3) is 0 Å². The summed E-state index contributed by atoms with van der Waals surface area (Å²) in [4.78, 5) is 2.20. The van der Waals surface area contributed by atoms with Gasteiger partial charge in [-0.25, -0.2) is 0 Å². The molecule has 2 rings (SSSR count). The van der Waals surface area contributed by atoms with Crippen molar-refractivity contribution in [2.24, 2.45) is 22.2 Å². The zero-order chi connectivity index (χ0) is 11.6. The first-order chi connectivity index (χ1) is 7.70. The maximum absolute atomic E-state index is 9.46. The summed E-state index contributed by atoms with van der Waals surface area (Å²) in [6.45, 7) is 2.61. The van der Waals surface area contributed by atoms with Crippen molar-refractivity contribution in [2.45, 2.75) is 25.7 Å². The van der Waals surface area contributed by atoms with Crippen LogP contribution in [0.1, 0.15) is 25.7 Å². The van der Waals surface area contributed by atoms with E-state index in [2.05, 4.69) is 10.1 Å². The largest absolute Gasteiger partial charge is 0.409 e. The molecule has 0 aromatic carbocycles. The van der Waals surface area contributed by atoms with Crippen molar-refractivity contribution in [3.63, 3.8) is 0 Å². The third-order valence-electron chi connectivity index (χ3n) is 4.22. The monoisotopic (exact) mass is 227 g/mol. The fraction of sp³-hybridized carbons (Fsp3) is 0.909. The van der Waals surface area contributed by atoms with Crippen LogP contribution >= 0.6 is 0 Å². The molecular weight excluding hydrogens is 206 g/mol. The van der Waals surface area contributed by atoms with Gasteiger partial charge in [0.1, 0.15) is 0 Å². The molecule has 5 heteroatoms. The first-order valence-electron chi connectivity index (χ1n) is 6.00. The number of aliphatic hydroxyl groups is 1. The molecule has 92 valence electrons. The van der Waals surface area contributed by atoms with Gasteiger partial charge >= 0.3 is 0 Å². The Labute approximate surface area is 95.9 Å². The van der Waals surface area contributed by atoms with Crippen LogP contribution in [-0.2, 0) is 0 Å². The van der Waals surface area contributed by atoms with Crippen LogP contribution in [-0.4, -0.2) is 47.3 Å². The third-order valence-corrected chi connectivity index (χ3v) is 4.22. The van der Waals surface area contributed by atoms with Crippen LogP contribution in [0.2, 0.25) is 0 Å². The van der Waals surface area contributed by atoms with Crippen molar-refractivity contribution in [2.75, 3.05) is 26.2 Å². The Morgan fingerprint density at radius 3 is 2.69 bits per heavy atom. The van der Waals surface area contributed by atoms with Gasteiger partial charge in [0.2, 0.25) is 0 Å². The predicted octanol–water partition coefficient (Wildman–Crippen LogP) is 0.217. The number of hydrogen-bond donors (Lipinski definition) is 3. The Bertz CT molecular complexity index is 274. The molecule has 1 aliphatic carbocycles. The number of rotatable bonds is 3. The second-order valence-corrected chi connectivity index (χ2v) is 5.21. The van der Waals surface area contributed by atoms with Crippen molar-refractivity contribution >= 4 is 5.84 Å². The highest BCUT2D eigenvalue weighted by atomic mass is 16.4. The maximum Gasteiger partial charge on any atom is 0.153 e. The van der Waals surface area contributed by atoms with Gasteiger partial charge < -0.3 is 16.0 Å². The molecule has 1 saturated carbocycles. The average Bonchev–Trinajstić information content (AvgIpc) is 2.87. The quantitative estimate of drug-likeness (QED) is 0.279. The molecular formula is C11H21N3O2. The molecule has 0 radical (unpaired) electrons. The SMILES string of the molecule is N/C(CN1CC(CO)C2(CCCC2)C1)=N\O. The van der Waals surface area contributed by atoms with E-state index in [9.17, 15) is 5.11 Å². The van der Waals surface area contributed by atoms with Gasteiger partial charge in [-0.3, -0.25) is 4.90 Å². The second kappa shape index (κ2) is 4.59. The van der Waals surface area contributed by atoms with Gasteiger partial charge in [-0.15, -0.1) is 0 Å². The average molecular weight is 227 g/mol. The lowest BCUT2D eigenvalue weighted by Crippen LogP contribution is -2.33. The van der Waals surface area contributed by atoms with Crippen molar-refractivity contribution < 1.29 is 10.3 Å². The minimum Gasteiger partial charge on any atom is -0.409 e. The van der Waals surface area contributed by atoms with E-state index in [0.29, 0.717) is 17.9 Å². The third kappa shape index (κ3) is 2.01. The Morgan fingerprint density at radius 1 is 1.44 bits per heavy atom. The van der Waals surface area contributed by atoms with Gasteiger partial charge in [0.15, 0.2) is 5.84 Å². The predicted molar refractivity (Wildman–Crippen MR) is 61.3 cm³/mol. The van der Waals surface area contributed by atoms with Gasteiger partial charge in [-0.2, -0.15) is 0 Å². The van der Waals surface area contributed by atoms with Gasteiger partial charge in [-0.1, -0.05) is 18.0 Å². The van der Waals surface area contributed by atoms with Crippen LogP contribution in [0.4, 0.5) is 0 Å². The topological polar surface area (TPSA) is 82.1 Å². The minimum atomic E-state index is 0.256. The highest BCUT2D eigenvalue weighted by molar-refractivity contribution is 5.81. The summed E-state index contributed by atoms with van der Waals surface area (Å²) in [5.74, 6) is 0.619. The van der Waals surface area contributed by atoms with Gasteiger partial charge in [0.05, 0.1) is 6.54 Å². The van der Waals surface area contributed by atoms with Gasteiger partial charge in [0.25, 0.3) is 0 Å². The molecule has 2 fully saturated rings. The molecule has 1 unspecified atom stereocenters. The van der Waals surface area contributed by atoms with E-state index in [1.807, 2.05) is 0 Å². The molecule has 0 aromatic heterocycles. The normalized spacial score (nSPS) is 30.3. The number of amidine groups is 1. The van der Waals surface area contributed by atoms with E-state index in [1.165, 1.54) is 25.7 Å². The highest BCUT2D eigenvalue weighted by Gasteiger charge is 2.47. The van der Waals surface area contributed by atoms with E-state index in [4.69, 9.17) is 10.9 Å². The molecule has 1 atom stereocenters. The molecule has 1 aliphatic heterocycles.